The third kappa shape index (κ3) is 1.81. The average Bonchev–Trinajstić information content (AvgIpc) is 2.89. The monoisotopic (exact) mass is 268 g/mol. The number of carbonyl (C=O) groups is 3. The fourth-order valence-corrected chi connectivity index (χ4v) is 4.02. The number of hydrogen-bond acceptors (Lipinski definition) is 6. The van der Waals surface area contributed by atoms with Crippen molar-refractivity contribution in [2.24, 2.45) is 23.7 Å². The Morgan fingerprint density at radius 2 is 1.84 bits per heavy atom. The van der Waals surface area contributed by atoms with Gasteiger partial charge in [-0.05, 0) is 6.42 Å². The molecule has 0 radical (unpaired) electrons. The van der Waals surface area contributed by atoms with Gasteiger partial charge in [-0.2, -0.15) is 0 Å². The van der Waals surface area contributed by atoms with E-state index in [0.717, 1.165) is 0 Å². The van der Waals surface area contributed by atoms with E-state index in [2.05, 4.69) is 0 Å². The molecule has 2 saturated carbocycles. The van der Waals surface area contributed by atoms with Crippen LogP contribution in [0.3, 0.4) is 0 Å². The Balaban J connectivity index is 1.85. The maximum absolute atomic E-state index is 11.7. The number of ether oxygens (including phenoxy) is 3. The Kier molecular flexibility index (Phi) is 2.76. The standard InChI is InChI=1S/C13H16O6/c1-5(14)18-9-3-7-10-8(4-17-13(10)16)11(9)12(7)19-6(2)15/h7-12H,3-4H2,1-2H3/t7-,8-,9+,10+,11+,12-/m0/s1. The molecule has 0 spiro atoms. The number of hydrogen-bond donors (Lipinski definition) is 0. The van der Waals surface area contributed by atoms with Crippen LogP contribution in [0.25, 0.3) is 0 Å². The SMILES string of the molecule is CC(=O)O[C@H]1[C@H]2C[C@@H](OC(C)=O)[C@H]1[C@H]1COC(=O)[C@H]21. The third-order valence-electron chi connectivity index (χ3n) is 4.46. The normalized spacial score (nSPS) is 42.7. The maximum Gasteiger partial charge on any atom is 0.309 e. The van der Waals surface area contributed by atoms with Crippen LogP contribution in [0.2, 0.25) is 0 Å². The second-order valence-electron chi connectivity index (χ2n) is 5.52. The lowest BCUT2D eigenvalue weighted by atomic mass is 9.80. The summed E-state index contributed by atoms with van der Waals surface area (Å²) in [6.45, 7) is 3.05. The molecular weight excluding hydrogens is 252 g/mol. The molecule has 1 saturated heterocycles. The molecule has 6 atom stereocenters. The van der Waals surface area contributed by atoms with Crippen molar-refractivity contribution in [1.82, 2.24) is 0 Å². The molecule has 104 valence electrons. The van der Waals surface area contributed by atoms with Crippen LogP contribution in [0, 0.1) is 23.7 Å². The lowest BCUT2D eigenvalue weighted by molar-refractivity contribution is -0.155. The predicted octanol–water partition coefficient (Wildman–Crippen LogP) is 0.289. The van der Waals surface area contributed by atoms with Gasteiger partial charge in [0.05, 0.1) is 12.5 Å². The summed E-state index contributed by atoms with van der Waals surface area (Å²) in [6, 6.07) is 0. The molecule has 0 amide bonds. The smallest absolute Gasteiger partial charge is 0.309 e. The van der Waals surface area contributed by atoms with Gasteiger partial charge < -0.3 is 14.2 Å². The molecule has 2 bridgehead atoms. The van der Waals surface area contributed by atoms with E-state index < -0.39 is 0 Å². The summed E-state index contributed by atoms with van der Waals surface area (Å²) in [5, 5.41) is 0. The van der Waals surface area contributed by atoms with Crippen molar-refractivity contribution in [3.8, 4) is 0 Å². The number of rotatable bonds is 2. The molecule has 2 aliphatic carbocycles. The summed E-state index contributed by atoms with van der Waals surface area (Å²) in [5.74, 6) is -1.33. The summed E-state index contributed by atoms with van der Waals surface area (Å²) in [4.78, 5) is 34.1. The van der Waals surface area contributed by atoms with Gasteiger partial charge >= 0.3 is 17.9 Å². The molecule has 0 unspecified atom stereocenters. The first-order valence-electron chi connectivity index (χ1n) is 6.50. The topological polar surface area (TPSA) is 78.9 Å². The minimum absolute atomic E-state index is 0.0000463. The van der Waals surface area contributed by atoms with Crippen molar-refractivity contribution >= 4 is 17.9 Å². The minimum atomic E-state index is -0.364. The molecular formula is C13H16O6. The van der Waals surface area contributed by atoms with Crippen molar-refractivity contribution < 1.29 is 28.6 Å². The molecule has 1 aliphatic heterocycles. The summed E-state index contributed by atoms with van der Waals surface area (Å²) >= 11 is 0. The molecule has 3 aliphatic rings. The number of cyclic esters (lactones) is 1. The van der Waals surface area contributed by atoms with Gasteiger partial charge in [-0.1, -0.05) is 0 Å². The molecule has 6 heteroatoms. The highest BCUT2D eigenvalue weighted by Gasteiger charge is 2.66. The van der Waals surface area contributed by atoms with Crippen molar-refractivity contribution in [2.75, 3.05) is 6.61 Å². The quantitative estimate of drug-likeness (QED) is 0.529. The van der Waals surface area contributed by atoms with Crippen LogP contribution in [-0.2, 0) is 28.6 Å². The van der Waals surface area contributed by atoms with Gasteiger partial charge in [-0.15, -0.1) is 0 Å². The first-order chi connectivity index (χ1) is 8.99. The van der Waals surface area contributed by atoms with E-state index in [1.165, 1.54) is 13.8 Å². The summed E-state index contributed by atoms with van der Waals surface area (Å²) in [6.07, 6.45) is -0.0364. The maximum atomic E-state index is 11.7. The van der Waals surface area contributed by atoms with E-state index in [-0.39, 0.29) is 53.8 Å². The van der Waals surface area contributed by atoms with Crippen LogP contribution in [0.5, 0.6) is 0 Å². The van der Waals surface area contributed by atoms with Crippen LogP contribution >= 0.6 is 0 Å². The number of esters is 3. The molecule has 3 rings (SSSR count). The van der Waals surface area contributed by atoms with Gasteiger partial charge in [0.15, 0.2) is 0 Å². The highest BCUT2D eigenvalue weighted by Crippen LogP contribution is 2.57. The number of carbonyl (C=O) groups excluding carboxylic acids is 3. The zero-order chi connectivity index (χ0) is 13.7. The van der Waals surface area contributed by atoms with E-state index in [1.54, 1.807) is 0 Å². The van der Waals surface area contributed by atoms with Gasteiger partial charge in [0.1, 0.15) is 12.2 Å². The highest BCUT2D eigenvalue weighted by molar-refractivity contribution is 5.77. The lowest BCUT2D eigenvalue weighted by Gasteiger charge is -2.27. The summed E-state index contributed by atoms with van der Waals surface area (Å²) < 4.78 is 15.7. The van der Waals surface area contributed by atoms with Gasteiger partial charge in [-0.3, -0.25) is 14.4 Å². The molecule has 1 heterocycles. The van der Waals surface area contributed by atoms with E-state index in [9.17, 15) is 14.4 Å². The molecule has 0 aromatic rings. The fraction of sp³-hybridized carbons (Fsp3) is 0.769. The zero-order valence-electron chi connectivity index (χ0n) is 10.8. The van der Waals surface area contributed by atoms with Crippen LogP contribution in [0.4, 0.5) is 0 Å². The van der Waals surface area contributed by atoms with Crippen molar-refractivity contribution in [1.29, 1.82) is 0 Å². The Labute approximate surface area is 110 Å². The zero-order valence-corrected chi connectivity index (χ0v) is 10.8. The van der Waals surface area contributed by atoms with Gasteiger partial charge in [0, 0.05) is 31.6 Å². The lowest BCUT2D eigenvalue weighted by Crippen LogP contribution is -2.35. The molecule has 3 fully saturated rings. The molecule has 19 heavy (non-hydrogen) atoms. The minimum Gasteiger partial charge on any atom is -0.465 e. The third-order valence-corrected chi connectivity index (χ3v) is 4.46. The largest absolute Gasteiger partial charge is 0.465 e. The average molecular weight is 268 g/mol. The molecule has 0 N–H and O–H groups in total. The summed E-state index contributed by atoms with van der Waals surface area (Å²) in [7, 11) is 0. The Hall–Kier alpha value is -1.59. The second-order valence-corrected chi connectivity index (χ2v) is 5.52. The number of fused-ring (bicyclic) bond motifs is 5. The molecule has 6 nitrogen and oxygen atoms in total. The van der Waals surface area contributed by atoms with E-state index in [0.29, 0.717) is 13.0 Å². The fourth-order valence-electron chi connectivity index (χ4n) is 4.02. The molecule has 0 aromatic heterocycles. The predicted molar refractivity (Wildman–Crippen MR) is 60.6 cm³/mol. The van der Waals surface area contributed by atoms with E-state index in [1.807, 2.05) is 0 Å². The van der Waals surface area contributed by atoms with E-state index >= 15 is 0 Å². The first-order valence-corrected chi connectivity index (χ1v) is 6.50. The highest BCUT2D eigenvalue weighted by atomic mass is 16.6. The van der Waals surface area contributed by atoms with E-state index in [4.69, 9.17) is 14.2 Å². The van der Waals surface area contributed by atoms with Crippen molar-refractivity contribution in [2.45, 2.75) is 32.5 Å². The first kappa shape index (κ1) is 12.4. The summed E-state index contributed by atoms with van der Waals surface area (Å²) in [5.41, 5.74) is 0. The van der Waals surface area contributed by atoms with Crippen molar-refractivity contribution in [3.05, 3.63) is 0 Å². The Bertz CT molecular complexity index is 444. The Morgan fingerprint density at radius 3 is 2.47 bits per heavy atom. The Morgan fingerprint density at radius 1 is 1.16 bits per heavy atom. The van der Waals surface area contributed by atoms with Crippen LogP contribution in [0.1, 0.15) is 20.3 Å². The van der Waals surface area contributed by atoms with Crippen LogP contribution in [-0.4, -0.2) is 36.7 Å². The van der Waals surface area contributed by atoms with Gasteiger partial charge in [0.25, 0.3) is 0 Å². The second kappa shape index (κ2) is 4.21. The van der Waals surface area contributed by atoms with Crippen LogP contribution < -0.4 is 0 Å². The van der Waals surface area contributed by atoms with Crippen molar-refractivity contribution in [3.63, 3.8) is 0 Å². The van der Waals surface area contributed by atoms with Crippen LogP contribution in [0.15, 0.2) is 0 Å². The van der Waals surface area contributed by atoms with Gasteiger partial charge in [-0.25, -0.2) is 0 Å². The van der Waals surface area contributed by atoms with Gasteiger partial charge in [0.2, 0.25) is 0 Å². The molecule has 0 aromatic carbocycles.